The zero-order valence-corrected chi connectivity index (χ0v) is 30.9. The Morgan fingerprint density at radius 3 is 1.41 bits per heavy atom. The van der Waals surface area contributed by atoms with Crippen molar-refractivity contribution < 1.29 is 103 Å². The summed E-state index contributed by atoms with van der Waals surface area (Å²) < 4.78 is 47.4. The maximum atomic E-state index is 12.6. The van der Waals surface area contributed by atoms with Gasteiger partial charge in [0.2, 0.25) is 17.7 Å². The molecule has 4 aliphatic rings. The van der Waals surface area contributed by atoms with E-state index in [4.69, 9.17) is 37.9 Å². The number of nitrogens with one attached hydrogen (secondary N) is 3. The van der Waals surface area contributed by atoms with Gasteiger partial charge in [0.15, 0.2) is 25.2 Å². The summed E-state index contributed by atoms with van der Waals surface area (Å²) in [4.78, 5) is 48.2. The van der Waals surface area contributed by atoms with Crippen LogP contribution in [0.5, 0.6) is 0 Å². The van der Waals surface area contributed by atoms with E-state index in [1.807, 2.05) is 0 Å². The third-order valence-electron chi connectivity index (χ3n) is 9.68. The molecule has 4 saturated heterocycles. The smallest absolute Gasteiger partial charge is 0.217 e. The zero-order valence-electron chi connectivity index (χ0n) is 30.9. The number of hydrogen-bond donors (Lipinski definition) is 12. The van der Waals surface area contributed by atoms with Gasteiger partial charge in [0.1, 0.15) is 104 Å². The van der Waals surface area contributed by atoms with Crippen LogP contribution in [0.2, 0.25) is 0 Å². The third kappa shape index (κ3) is 10.5. The summed E-state index contributed by atoms with van der Waals surface area (Å²) in [5, 5.41) is 103. The average molecular weight is 816 g/mol. The van der Waals surface area contributed by atoms with Gasteiger partial charge in [0, 0.05) is 20.8 Å². The minimum absolute atomic E-state index is 0.366. The molecule has 0 aromatic heterocycles. The quantitative estimate of drug-likeness (QED) is 0.0683. The molecule has 3 amide bonds. The molecule has 24 nitrogen and oxygen atoms in total. The Kier molecular flexibility index (Phi) is 16.8. The molecule has 0 aromatic rings. The Labute approximate surface area is 319 Å². The Morgan fingerprint density at radius 1 is 0.536 bits per heavy atom. The first-order chi connectivity index (χ1) is 26.5. The van der Waals surface area contributed by atoms with Crippen molar-refractivity contribution in [3.05, 3.63) is 0 Å². The van der Waals surface area contributed by atoms with Crippen LogP contribution in [-0.2, 0) is 57.1 Å². The second kappa shape index (κ2) is 20.4. The Hall–Kier alpha value is -2.60. The van der Waals surface area contributed by atoms with E-state index >= 15 is 0 Å². The molecule has 0 bridgehead atoms. The Bertz CT molecular complexity index is 1320. The molecule has 0 spiro atoms. The number of carbonyl (C=O) groups excluding carboxylic acids is 4. The van der Waals surface area contributed by atoms with Crippen molar-refractivity contribution in [1.29, 1.82) is 0 Å². The minimum Gasteiger partial charge on any atom is -0.394 e. The maximum Gasteiger partial charge on any atom is 0.217 e. The van der Waals surface area contributed by atoms with Gasteiger partial charge in [0.25, 0.3) is 0 Å². The fourth-order valence-electron chi connectivity index (χ4n) is 6.94. The Morgan fingerprint density at radius 2 is 0.964 bits per heavy atom. The van der Waals surface area contributed by atoms with Crippen LogP contribution in [0.3, 0.4) is 0 Å². The van der Waals surface area contributed by atoms with Gasteiger partial charge in [-0.1, -0.05) is 0 Å². The highest BCUT2D eigenvalue weighted by atomic mass is 16.8. The monoisotopic (exact) mass is 815 g/mol. The van der Waals surface area contributed by atoms with E-state index in [2.05, 4.69) is 16.0 Å². The van der Waals surface area contributed by atoms with Crippen LogP contribution in [0.4, 0.5) is 0 Å². The van der Waals surface area contributed by atoms with Gasteiger partial charge in [-0.05, 0) is 6.92 Å². The van der Waals surface area contributed by atoms with Crippen molar-refractivity contribution in [3.8, 4) is 0 Å². The predicted molar refractivity (Wildman–Crippen MR) is 177 cm³/mol. The van der Waals surface area contributed by atoms with Crippen molar-refractivity contribution in [1.82, 2.24) is 16.0 Å². The molecular weight excluding hydrogens is 762 g/mol. The summed E-state index contributed by atoms with van der Waals surface area (Å²) in [7, 11) is 0. The van der Waals surface area contributed by atoms with Crippen LogP contribution in [-0.4, -0.2) is 219 Å². The van der Waals surface area contributed by atoms with Gasteiger partial charge in [-0.2, -0.15) is 0 Å². The summed E-state index contributed by atoms with van der Waals surface area (Å²) >= 11 is 0. The number of aliphatic hydroxyl groups excluding tert-OH is 9. The van der Waals surface area contributed by atoms with Gasteiger partial charge < -0.3 is 105 Å². The largest absolute Gasteiger partial charge is 0.394 e. The van der Waals surface area contributed by atoms with Crippen LogP contribution < -0.4 is 16.0 Å². The van der Waals surface area contributed by atoms with Crippen molar-refractivity contribution in [2.75, 3.05) is 26.4 Å². The van der Waals surface area contributed by atoms with Gasteiger partial charge in [0.05, 0.1) is 25.9 Å². The summed E-state index contributed by atoms with van der Waals surface area (Å²) in [6, 6.07) is -4.55. The minimum atomic E-state index is -1.90. The molecule has 56 heavy (non-hydrogen) atoms. The molecule has 322 valence electrons. The first kappa shape index (κ1) is 46.1. The average Bonchev–Trinajstić information content (AvgIpc) is 3.14. The topological polar surface area (TPSA) is 360 Å². The maximum absolute atomic E-state index is 12.6. The Balaban J connectivity index is 1.79. The normalized spacial score (nSPS) is 44.4. The fourth-order valence-corrected chi connectivity index (χ4v) is 6.94. The van der Waals surface area contributed by atoms with Crippen LogP contribution in [0.15, 0.2) is 0 Å². The van der Waals surface area contributed by atoms with Crippen molar-refractivity contribution >= 4 is 24.0 Å². The molecule has 12 N–H and O–H groups in total. The van der Waals surface area contributed by atoms with E-state index in [1.54, 1.807) is 0 Å². The lowest BCUT2D eigenvalue weighted by Gasteiger charge is -2.51. The van der Waals surface area contributed by atoms with E-state index in [1.165, 1.54) is 6.92 Å². The van der Waals surface area contributed by atoms with Gasteiger partial charge in [-0.3, -0.25) is 14.4 Å². The van der Waals surface area contributed by atoms with Crippen molar-refractivity contribution in [3.63, 3.8) is 0 Å². The third-order valence-corrected chi connectivity index (χ3v) is 9.68. The second-order valence-corrected chi connectivity index (χ2v) is 13.8. The lowest BCUT2D eigenvalue weighted by atomic mass is 9.93. The van der Waals surface area contributed by atoms with E-state index in [0.29, 0.717) is 6.29 Å². The molecule has 0 aromatic carbocycles. The summed E-state index contributed by atoms with van der Waals surface area (Å²) in [6.07, 6.45) is -28.0. The standard InChI is InChI=1S/C32H53N3O21/c1-10-20(43)25(48)28(56-31-18(34-12(3)41)24(47)22(45)15(8-38)52-31)32(50-10)55-27-19(35-13(4)42)29(49-6-5-36)53-16(9-39)26(27)54-30-17(33-11(2)40)23(46)21(44)14(7-37)51-30/h5,10,14-32,37-39,43-48H,6-9H2,1-4H3,(H,33,40)(H,34,41)(H,35,42)/t10-,14+,15+,16+,17+,18+,19+,20+,21-,22-,23+,24+,25+,26+,27+,28-,29+,30-,31+,32-/m0/s1. The molecule has 0 aliphatic carbocycles. The highest BCUT2D eigenvalue weighted by Crippen LogP contribution is 2.36. The molecule has 20 atom stereocenters. The number of amides is 3. The number of rotatable bonds is 15. The highest BCUT2D eigenvalue weighted by molar-refractivity contribution is 5.74. The molecule has 4 rings (SSSR count). The molecule has 24 heteroatoms. The molecule has 0 saturated carbocycles. The van der Waals surface area contributed by atoms with E-state index < -0.39 is 167 Å². The van der Waals surface area contributed by atoms with Crippen molar-refractivity contribution in [2.45, 2.75) is 150 Å². The first-order valence-electron chi connectivity index (χ1n) is 17.8. The number of aliphatic hydroxyl groups is 9. The zero-order chi connectivity index (χ0) is 41.6. The van der Waals surface area contributed by atoms with Crippen LogP contribution in [0.1, 0.15) is 27.7 Å². The lowest BCUT2D eigenvalue weighted by molar-refractivity contribution is -0.382. The van der Waals surface area contributed by atoms with E-state index in [-0.39, 0.29) is 0 Å². The highest BCUT2D eigenvalue weighted by Gasteiger charge is 2.56. The first-order valence-corrected chi connectivity index (χ1v) is 17.8. The number of carbonyl (C=O) groups is 4. The summed E-state index contributed by atoms with van der Waals surface area (Å²) in [5.41, 5.74) is 0. The summed E-state index contributed by atoms with van der Waals surface area (Å²) in [5.74, 6) is -2.12. The van der Waals surface area contributed by atoms with E-state index in [0.717, 1.165) is 20.8 Å². The van der Waals surface area contributed by atoms with Crippen molar-refractivity contribution in [2.24, 2.45) is 0 Å². The van der Waals surface area contributed by atoms with Crippen LogP contribution >= 0.6 is 0 Å². The fraction of sp³-hybridized carbons (Fsp3) is 0.875. The molecular formula is C32H53N3O21. The number of ether oxygens (including phenoxy) is 8. The molecule has 4 aliphatic heterocycles. The van der Waals surface area contributed by atoms with Gasteiger partial charge in [-0.25, -0.2) is 0 Å². The molecule has 0 radical (unpaired) electrons. The van der Waals surface area contributed by atoms with Crippen LogP contribution in [0.25, 0.3) is 0 Å². The molecule has 0 unspecified atom stereocenters. The molecule has 4 fully saturated rings. The SMILES string of the molecule is CC(=O)N[C@H]1[C@H](O[C@H]2[C@H](O[C@@H]3O[C@@H](C)[C@@H](O)[C@@H](O)[C@@H]3O[C@H]3O[C@H](CO)[C@H](O)[C@H](O)[C@H]3NC(C)=O)[C@@H](NC(C)=O)[C@H](OCC=O)O[C@@H]2CO)O[C@H](CO)[C@H](O)[C@@H]1O. The van der Waals surface area contributed by atoms with E-state index in [9.17, 15) is 65.1 Å². The number of aldehydes is 1. The van der Waals surface area contributed by atoms with Crippen LogP contribution in [0, 0.1) is 0 Å². The predicted octanol–water partition coefficient (Wildman–Crippen LogP) is -8.07. The summed E-state index contributed by atoms with van der Waals surface area (Å²) in [6.45, 7) is 1.51. The molecule has 4 heterocycles. The number of hydrogen-bond acceptors (Lipinski definition) is 21. The second-order valence-electron chi connectivity index (χ2n) is 13.8. The lowest BCUT2D eigenvalue weighted by Crippen LogP contribution is -2.71. The van der Waals surface area contributed by atoms with Gasteiger partial charge >= 0.3 is 0 Å². The van der Waals surface area contributed by atoms with Gasteiger partial charge in [-0.15, -0.1) is 0 Å².